The topological polar surface area (TPSA) is 31.2 Å². The van der Waals surface area contributed by atoms with Crippen molar-refractivity contribution in [2.24, 2.45) is 0 Å². The molecule has 3 rings (SSSR count). The molecule has 0 N–H and O–H groups in total. The molecule has 1 unspecified atom stereocenters. The van der Waals surface area contributed by atoms with Crippen LogP contribution in [0.15, 0.2) is 30.3 Å². The van der Waals surface area contributed by atoms with Gasteiger partial charge in [0.05, 0.1) is 28.6 Å². The Bertz CT molecular complexity index is 766. The first-order chi connectivity index (χ1) is 10.5. The number of halogens is 1. The van der Waals surface area contributed by atoms with Gasteiger partial charge in [-0.15, -0.1) is 0 Å². The number of benzene rings is 1. The van der Waals surface area contributed by atoms with Crippen molar-refractivity contribution in [2.45, 2.75) is 25.8 Å². The first-order valence-corrected chi connectivity index (χ1v) is 7.90. The number of aryl methyl sites for hydroxylation is 1. The van der Waals surface area contributed by atoms with E-state index in [2.05, 4.69) is 4.57 Å². The molecule has 1 aliphatic heterocycles. The highest BCUT2D eigenvalue weighted by molar-refractivity contribution is 7.81. The number of hydrogen-bond acceptors (Lipinski definition) is 3. The summed E-state index contributed by atoms with van der Waals surface area (Å²) in [6.07, 6.45) is 0.725. The maximum Gasteiger partial charge on any atom is 0.314 e. The van der Waals surface area contributed by atoms with Crippen LogP contribution in [0.2, 0.25) is 5.02 Å². The third-order valence-electron chi connectivity index (χ3n) is 4.17. The van der Waals surface area contributed by atoms with E-state index in [-0.39, 0.29) is 11.9 Å². The number of esters is 1. The van der Waals surface area contributed by atoms with Crippen molar-refractivity contribution in [1.29, 1.82) is 0 Å². The Hall–Kier alpha value is -1.65. The second kappa shape index (κ2) is 5.86. The molecule has 0 saturated carbocycles. The van der Waals surface area contributed by atoms with Crippen LogP contribution in [0.4, 0.5) is 0 Å². The van der Waals surface area contributed by atoms with Crippen LogP contribution in [0.25, 0.3) is 0 Å². The van der Waals surface area contributed by atoms with E-state index < -0.39 is 0 Å². The summed E-state index contributed by atoms with van der Waals surface area (Å²) in [7, 11) is 1.41. The Morgan fingerprint density at radius 3 is 2.82 bits per heavy atom. The maximum absolute atomic E-state index is 11.9. The molecule has 0 amide bonds. The minimum atomic E-state index is -0.254. The maximum atomic E-state index is 11.9. The van der Waals surface area contributed by atoms with Crippen molar-refractivity contribution in [1.82, 2.24) is 4.57 Å². The van der Waals surface area contributed by atoms with E-state index >= 15 is 0 Å². The number of carbonyl (C=O) groups excluding carboxylic acids is 1. The summed E-state index contributed by atoms with van der Waals surface area (Å²) < 4.78 is 6.93. The van der Waals surface area contributed by atoms with Gasteiger partial charge in [0.15, 0.2) is 0 Å². The lowest BCUT2D eigenvalue weighted by Crippen LogP contribution is -2.12. The standard InChI is InChI=1S/C17H16ClNO2S/c1-10-5-3-4-6-11(10)16(22)15-13(18)9-14-12(17(20)21-2)7-8-19(14)15/h3-6,9,12H,7-8H2,1-2H3. The summed E-state index contributed by atoms with van der Waals surface area (Å²) in [5.41, 5.74) is 3.83. The molecule has 0 radical (unpaired) electrons. The molecule has 114 valence electrons. The van der Waals surface area contributed by atoms with Gasteiger partial charge in [0.1, 0.15) is 0 Å². The van der Waals surface area contributed by atoms with E-state index in [1.54, 1.807) is 0 Å². The highest BCUT2D eigenvalue weighted by Crippen LogP contribution is 2.37. The number of fused-ring (bicyclic) bond motifs is 1. The van der Waals surface area contributed by atoms with E-state index in [1.165, 1.54) is 7.11 Å². The third kappa shape index (κ3) is 2.36. The summed E-state index contributed by atoms with van der Waals surface area (Å²) >= 11 is 12.1. The second-order valence-electron chi connectivity index (χ2n) is 5.43. The predicted octanol–water partition coefficient (Wildman–Crippen LogP) is 3.88. The van der Waals surface area contributed by atoms with Crippen LogP contribution in [0.3, 0.4) is 0 Å². The van der Waals surface area contributed by atoms with Gasteiger partial charge in [0, 0.05) is 12.2 Å². The van der Waals surface area contributed by atoms with Crippen molar-refractivity contribution in [2.75, 3.05) is 7.11 Å². The molecule has 1 aliphatic rings. The van der Waals surface area contributed by atoms with Gasteiger partial charge >= 0.3 is 5.97 Å². The van der Waals surface area contributed by atoms with Crippen LogP contribution in [-0.2, 0) is 16.1 Å². The summed E-state index contributed by atoms with van der Waals surface area (Å²) in [5.74, 6) is -0.475. The van der Waals surface area contributed by atoms with E-state index in [1.807, 2.05) is 37.3 Å². The monoisotopic (exact) mass is 333 g/mol. The van der Waals surface area contributed by atoms with Crippen LogP contribution >= 0.6 is 23.8 Å². The molecule has 0 aliphatic carbocycles. The Morgan fingerprint density at radius 1 is 1.41 bits per heavy atom. The molecule has 1 atom stereocenters. The van der Waals surface area contributed by atoms with Crippen molar-refractivity contribution in [3.05, 3.63) is 57.9 Å². The van der Waals surface area contributed by atoms with Crippen molar-refractivity contribution >= 4 is 34.7 Å². The normalized spacial score (nSPS) is 16.4. The zero-order chi connectivity index (χ0) is 15.9. The molecule has 0 fully saturated rings. The van der Waals surface area contributed by atoms with Crippen LogP contribution < -0.4 is 0 Å². The summed E-state index contributed by atoms with van der Waals surface area (Å²) in [4.78, 5) is 12.6. The molecule has 0 saturated heterocycles. The predicted molar refractivity (Wildman–Crippen MR) is 90.8 cm³/mol. The lowest BCUT2D eigenvalue weighted by atomic mass is 10.0. The first kappa shape index (κ1) is 15.3. The fourth-order valence-electron chi connectivity index (χ4n) is 3.04. The van der Waals surface area contributed by atoms with Crippen LogP contribution in [0.1, 0.15) is 34.9 Å². The quantitative estimate of drug-likeness (QED) is 0.485. The Kier molecular flexibility index (Phi) is 4.06. The Balaban J connectivity index is 2.06. The number of methoxy groups -OCH3 is 1. The van der Waals surface area contributed by atoms with Gasteiger partial charge in [0.25, 0.3) is 0 Å². The number of aromatic nitrogens is 1. The molecule has 3 nitrogen and oxygen atoms in total. The smallest absolute Gasteiger partial charge is 0.314 e. The molecular weight excluding hydrogens is 318 g/mol. The third-order valence-corrected chi connectivity index (χ3v) is 4.87. The molecule has 2 aromatic rings. The fraction of sp³-hybridized carbons (Fsp3) is 0.294. The Morgan fingerprint density at radius 2 is 2.14 bits per heavy atom. The molecule has 0 bridgehead atoms. The van der Waals surface area contributed by atoms with Gasteiger partial charge in [-0.25, -0.2) is 0 Å². The van der Waals surface area contributed by atoms with Crippen LogP contribution in [0.5, 0.6) is 0 Å². The molecule has 0 spiro atoms. The molecule has 2 heterocycles. The number of rotatable bonds is 3. The van der Waals surface area contributed by atoms with Crippen molar-refractivity contribution < 1.29 is 9.53 Å². The molecule has 22 heavy (non-hydrogen) atoms. The minimum absolute atomic E-state index is 0.221. The number of thiocarbonyl (C=S) groups is 1. The largest absolute Gasteiger partial charge is 0.469 e. The van der Waals surface area contributed by atoms with Gasteiger partial charge in [-0.3, -0.25) is 4.79 Å². The second-order valence-corrected chi connectivity index (χ2v) is 6.24. The van der Waals surface area contributed by atoms with Gasteiger partial charge in [-0.2, -0.15) is 0 Å². The van der Waals surface area contributed by atoms with Gasteiger partial charge in [-0.05, 0) is 30.5 Å². The molecule has 5 heteroatoms. The zero-order valence-electron chi connectivity index (χ0n) is 12.4. The summed E-state index contributed by atoms with van der Waals surface area (Å²) in [5, 5.41) is 0.594. The highest BCUT2D eigenvalue weighted by atomic mass is 35.5. The number of hydrogen-bond donors (Lipinski definition) is 0. The van der Waals surface area contributed by atoms with E-state index in [0.717, 1.165) is 40.3 Å². The average molecular weight is 334 g/mol. The van der Waals surface area contributed by atoms with Crippen LogP contribution in [0, 0.1) is 6.92 Å². The van der Waals surface area contributed by atoms with Crippen LogP contribution in [-0.4, -0.2) is 22.5 Å². The highest BCUT2D eigenvalue weighted by Gasteiger charge is 2.33. The SMILES string of the molecule is COC(=O)C1CCn2c1cc(Cl)c2C(=S)c1ccccc1C. The minimum Gasteiger partial charge on any atom is -0.469 e. The molecule has 1 aromatic carbocycles. The lowest BCUT2D eigenvalue weighted by Gasteiger charge is -2.11. The first-order valence-electron chi connectivity index (χ1n) is 7.11. The van der Waals surface area contributed by atoms with Crippen molar-refractivity contribution in [3.8, 4) is 0 Å². The number of nitrogens with zero attached hydrogens (tertiary/aromatic N) is 1. The molecule has 1 aromatic heterocycles. The van der Waals surface area contributed by atoms with E-state index in [0.29, 0.717) is 5.02 Å². The van der Waals surface area contributed by atoms with E-state index in [4.69, 9.17) is 28.6 Å². The van der Waals surface area contributed by atoms with Gasteiger partial charge in [-0.1, -0.05) is 48.1 Å². The lowest BCUT2D eigenvalue weighted by molar-refractivity contribution is -0.142. The van der Waals surface area contributed by atoms with Gasteiger partial charge < -0.3 is 9.30 Å². The van der Waals surface area contributed by atoms with Gasteiger partial charge in [0.2, 0.25) is 0 Å². The number of carbonyl (C=O) groups is 1. The van der Waals surface area contributed by atoms with E-state index in [9.17, 15) is 4.79 Å². The average Bonchev–Trinajstić information content (AvgIpc) is 3.04. The Labute approximate surface area is 139 Å². The fourth-order valence-corrected chi connectivity index (χ4v) is 3.85. The van der Waals surface area contributed by atoms with Crippen molar-refractivity contribution in [3.63, 3.8) is 0 Å². The number of ether oxygens (including phenoxy) is 1. The summed E-state index contributed by atoms with van der Waals surface area (Å²) in [6.45, 7) is 2.75. The zero-order valence-corrected chi connectivity index (χ0v) is 14.0. The summed E-state index contributed by atoms with van der Waals surface area (Å²) in [6, 6.07) is 9.82. The molecular formula is C17H16ClNO2S.